The molecule has 24 heavy (non-hydrogen) atoms. The third kappa shape index (κ3) is 2.51. The zero-order valence-corrected chi connectivity index (χ0v) is 13.7. The summed E-state index contributed by atoms with van der Waals surface area (Å²) in [6, 6.07) is 9.18. The molecule has 2 aromatic rings. The van der Waals surface area contributed by atoms with E-state index >= 15 is 0 Å². The number of likely N-dealkylation sites (tertiary alicyclic amines) is 1. The number of aromatic nitrogens is 2. The normalized spacial score (nSPS) is 17.5. The van der Waals surface area contributed by atoms with Crippen molar-refractivity contribution in [1.29, 1.82) is 0 Å². The third-order valence-corrected chi connectivity index (χ3v) is 4.60. The fourth-order valence-electron chi connectivity index (χ4n) is 3.21. The van der Waals surface area contributed by atoms with Gasteiger partial charge < -0.3 is 10.6 Å². The first kappa shape index (κ1) is 16.0. The van der Waals surface area contributed by atoms with Crippen molar-refractivity contribution in [1.82, 2.24) is 14.0 Å². The summed E-state index contributed by atoms with van der Waals surface area (Å²) in [5.41, 5.74) is 6.44. The van der Waals surface area contributed by atoms with Crippen LogP contribution in [0.15, 0.2) is 39.9 Å². The molecule has 1 atom stereocenters. The van der Waals surface area contributed by atoms with E-state index in [4.69, 9.17) is 5.73 Å². The van der Waals surface area contributed by atoms with E-state index in [-0.39, 0.29) is 11.7 Å². The zero-order valence-electron chi connectivity index (χ0n) is 13.7. The van der Waals surface area contributed by atoms with Gasteiger partial charge in [-0.25, -0.2) is 4.79 Å². The highest BCUT2D eigenvalue weighted by Crippen LogP contribution is 2.34. The Morgan fingerprint density at radius 2 is 1.75 bits per heavy atom. The number of anilines is 1. The molecule has 0 saturated carbocycles. The maximum atomic E-state index is 12.6. The maximum Gasteiger partial charge on any atom is 0.332 e. The van der Waals surface area contributed by atoms with Crippen molar-refractivity contribution in [2.75, 3.05) is 5.73 Å². The van der Waals surface area contributed by atoms with Crippen molar-refractivity contribution in [2.45, 2.75) is 25.4 Å². The highest BCUT2D eigenvalue weighted by Gasteiger charge is 2.36. The van der Waals surface area contributed by atoms with Crippen molar-refractivity contribution in [3.63, 3.8) is 0 Å². The number of hydrogen-bond donors (Lipinski definition) is 1. The molecule has 2 N–H and O–H groups in total. The molecule has 0 aliphatic carbocycles. The molecular formula is C17H20N4O3. The molecule has 1 fully saturated rings. The molecule has 1 amide bonds. The molecule has 3 rings (SSSR count). The smallest absolute Gasteiger partial charge is 0.332 e. The van der Waals surface area contributed by atoms with Crippen LogP contribution in [0.3, 0.4) is 0 Å². The van der Waals surface area contributed by atoms with Crippen LogP contribution >= 0.6 is 0 Å². The van der Waals surface area contributed by atoms with Crippen LogP contribution in [0.5, 0.6) is 0 Å². The van der Waals surface area contributed by atoms with Crippen molar-refractivity contribution < 1.29 is 4.79 Å². The molecule has 1 aliphatic heterocycles. The van der Waals surface area contributed by atoms with Gasteiger partial charge >= 0.3 is 5.69 Å². The maximum absolute atomic E-state index is 12.6. The minimum absolute atomic E-state index is 0.0147. The van der Waals surface area contributed by atoms with Crippen LogP contribution in [0.4, 0.5) is 5.82 Å². The van der Waals surface area contributed by atoms with Crippen molar-refractivity contribution in [3.05, 3.63) is 62.3 Å². The van der Waals surface area contributed by atoms with E-state index in [0.29, 0.717) is 24.9 Å². The second-order valence-corrected chi connectivity index (χ2v) is 6.07. The first-order chi connectivity index (χ1) is 11.4. The lowest BCUT2D eigenvalue weighted by atomic mass is 10.1. The SMILES string of the molecule is Cn1c(N)c(C2CCC(=O)N2Cc2ccccc2)c(=O)n(C)c1=O. The summed E-state index contributed by atoms with van der Waals surface area (Å²) in [4.78, 5) is 38.6. The molecule has 0 spiro atoms. The summed E-state index contributed by atoms with van der Waals surface area (Å²) >= 11 is 0. The first-order valence-electron chi connectivity index (χ1n) is 7.80. The Labute approximate surface area is 138 Å². The zero-order chi connectivity index (χ0) is 17.4. The molecule has 1 aliphatic rings. The minimum Gasteiger partial charge on any atom is -0.385 e. The predicted octanol–water partition coefficient (Wildman–Crippen LogP) is 0.530. The van der Waals surface area contributed by atoms with Crippen LogP contribution in [0.2, 0.25) is 0 Å². The van der Waals surface area contributed by atoms with Gasteiger partial charge in [-0.3, -0.25) is 18.7 Å². The highest BCUT2D eigenvalue weighted by atomic mass is 16.2. The van der Waals surface area contributed by atoms with E-state index < -0.39 is 17.3 Å². The van der Waals surface area contributed by atoms with Crippen molar-refractivity contribution >= 4 is 11.7 Å². The number of carbonyl (C=O) groups excluding carboxylic acids is 1. The molecule has 1 aromatic carbocycles. The van der Waals surface area contributed by atoms with Gasteiger partial charge in [-0.15, -0.1) is 0 Å². The van der Waals surface area contributed by atoms with Gasteiger partial charge in [0.2, 0.25) is 5.91 Å². The monoisotopic (exact) mass is 328 g/mol. The van der Waals surface area contributed by atoms with Gasteiger partial charge in [-0.1, -0.05) is 30.3 Å². The van der Waals surface area contributed by atoms with Gasteiger partial charge in [-0.2, -0.15) is 0 Å². The Bertz CT molecular complexity index is 899. The Kier molecular flexibility index (Phi) is 4.01. The van der Waals surface area contributed by atoms with Crippen LogP contribution < -0.4 is 17.0 Å². The van der Waals surface area contributed by atoms with E-state index in [0.717, 1.165) is 10.1 Å². The summed E-state index contributed by atoms with van der Waals surface area (Å²) in [6.07, 6.45) is 0.881. The lowest BCUT2D eigenvalue weighted by Crippen LogP contribution is -2.43. The second kappa shape index (κ2) is 5.99. The molecule has 1 saturated heterocycles. The highest BCUT2D eigenvalue weighted by molar-refractivity contribution is 5.79. The number of hydrogen-bond acceptors (Lipinski definition) is 4. The summed E-state index contributed by atoms with van der Waals surface area (Å²) in [6.45, 7) is 0.412. The molecule has 7 heteroatoms. The molecule has 126 valence electrons. The van der Waals surface area contributed by atoms with E-state index in [2.05, 4.69) is 0 Å². The number of nitrogen functional groups attached to an aromatic ring is 1. The Morgan fingerprint density at radius 1 is 1.08 bits per heavy atom. The lowest BCUT2D eigenvalue weighted by molar-refractivity contribution is -0.129. The number of nitrogens with zero attached hydrogens (tertiary/aromatic N) is 3. The van der Waals surface area contributed by atoms with Gasteiger partial charge in [0.05, 0.1) is 11.6 Å². The number of benzene rings is 1. The molecule has 7 nitrogen and oxygen atoms in total. The van der Waals surface area contributed by atoms with E-state index in [1.807, 2.05) is 30.3 Å². The quantitative estimate of drug-likeness (QED) is 0.890. The lowest BCUT2D eigenvalue weighted by Gasteiger charge is -2.26. The third-order valence-electron chi connectivity index (χ3n) is 4.60. The van der Waals surface area contributed by atoms with Crippen molar-refractivity contribution in [2.24, 2.45) is 14.1 Å². The first-order valence-corrected chi connectivity index (χ1v) is 7.80. The molecule has 1 unspecified atom stereocenters. The van der Waals surface area contributed by atoms with E-state index in [9.17, 15) is 14.4 Å². The van der Waals surface area contributed by atoms with Gasteiger partial charge in [0.25, 0.3) is 5.56 Å². The average molecular weight is 328 g/mol. The molecule has 2 heterocycles. The van der Waals surface area contributed by atoms with Crippen LogP contribution in [0.1, 0.15) is 30.0 Å². The van der Waals surface area contributed by atoms with Gasteiger partial charge in [0.1, 0.15) is 5.82 Å². The Hall–Kier alpha value is -2.83. The Morgan fingerprint density at radius 3 is 2.42 bits per heavy atom. The van der Waals surface area contributed by atoms with Crippen LogP contribution in [-0.2, 0) is 25.4 Å². The fourth-order valence-corrected chi connectivity index (χ4v) is 3.21. The number of nitrogens with two attached hydrogens (primary N) is 1. The minimum atomic E-state index is -0.472. The number of amides is 1. The summed E-state index contributed by atoms with van der Waals surface area (Å²) in [7, 11) is 2.95. The molecule has 0 bridgehead atoms. The predicted molar refractivity (Wildman–Crippen MR) is 90.3 cm³/mol. The van der Waals surface area contributed by atoms with Crippen LogP contribution in [0, 0.1) is 0 Å². The van der Waals surface area contributed by atoms with Crippen molar-refractivity contribution in [3.8, 4) is 0 Å². The number of carbonyl (C=O) groups is 1. The van der Waals surface area contributed by atoms with E-state index in [1.165, 1.54) is 18.7 Å². The summed E-state index contributed by atoms with van der Waals surface area (Å²) in [5.74, 6) is 0.111. The van der Waals surface area contributed by atoms with Gasteiger partial charge in [-0.05, 0) is 12.0 Å². The largest absolute Gasteiger partial charge is 0.385 e. The molecule has 0 radical (unpaired) electrons. The fraction of sp³-hybridized carbons (Fsp3) is 0.353. The topological polar surface area (TPSA) is 90.3 Å². The standard InChI is InChI=1S/C17H20N4O3/c1-19-15(18)14(16(23)20(2)17(19)24)12-8-9-13(22)21(12)10-11-6-4-3-5-7-11/h3-7,12H,8-10,18H2,1-2H3. The summed E-state index contributed by atoms with van der Waals surface area (Å²) < 4.78 is 2.29. The molecular weight excluding hydrogens is 308 g/mol. The van der Waals surface area contributed by atoms with Crippen LogP contribution in [-0.4, -0.2) is 19.9 Å². The van der Waals surface area contributed by atoms with Gasteiger partial charge in [0, 0.05) is 27.1 Å². The Balaban J connectivity index is 2.07. The average Bonchev–Trinajstić information content (AvgIpc) is 2.93. The summed E-state index contributed by atoms with van der Waals surface area (Å²) in [5, 5.41) is 0. The molecule has 1 aromatic heterocycles. The van der Waals surface area contributed by atoms with E-state index in [1.54, 1.807) is 4.90 Å². The van der Waals surface area contributed by atoms with Crippen LogP contribution in [0.25, 0.3) is 0 Å². The van der Waals surface area contributed by atoms with Gasteiger partial charge in [0.15, 0.2) is 0 Å². The number of rotatable bonds is 3. The second-order valence-electron chi connectivity index (χ2n) is 6.07.